The molecule has 4 atom stereocenters. The lowest BCUT2D eigenvalue weighted by Crippen LogP contribution is -2.48. The van der Waals surface area contributed by atoms with E-state index in [0.717, 1.165) is 24.8 Å². The second-order valence-corrected chi connectivity index (χ2v) is 5.83. The molecule has 1 aromatic carbocycles. The molecule has 0 spiro atoms. The van der Waals surface area contributed by atoms with Crippen molar-refractivity contribution in [3.63, 3.8) is 0 Å². The van der Waals surface area contributed by atoms with Gasteiger partial charge < -0.3 is 15.4 Å². The van der Waals surface area contributed by atoms with Gasteiger partial charge in [0.2, 0.25) is 5.91 Å². The van der Waals surface area contributed by atoms with Crippen LogP contribution in [0.1, 0.15) is 37.4 Å². The zero-order valence-corrected chi connectivity index (χ0v) is 11.9. The van der Waals surface area contributed by atoms with Crippen molar-refractivity contribution in [3.05, 3.63) is 35.9 Å². The van der Waals surface area contributed by atoms with Crippen LogP contribution in [0, 0.1) is 0 Å². The van der Waals surface area contributed by atoms with Gasteiger partial charge in [0, 0.05) is 7.05 Å². The van der Waals surface area contributed by atoms with Crippen molar-refractivity contribution in [2.45, 2.75) is 50.0 Å². The smallest absolute Gasteiger partial charge is 0.242 e. The average Bonchev–Trinajstić information content (AvgIpc) is 2.60. The van der Waals surface area contributed by atoms with Gasteiger partial charge in [-0.3, -0.25) is 4.79 Å². The van der Waals surface area contributed by atoms with Gasteiger partial charge in [-0.25, -0.2) is 0 Å². The Morgan fingerprint density at radius 3 is 2.65 bits per heavy atom. The molecule has 0 unspecified atom stereocenters. The SMILES string of the molecule is CN1C(=O)[C@H](N)[C@H](c2ccccc2)O[C@H]2CCCC[C@H]21. The zero-order chi connectivity index (χ0) is 14.1. The molecule has 0 aromatic heterocycles. The van der Waals surface area contributed by atoms with Gasteiger partial charge in [-0.15, -0.1) is 0 Å². The Balaban J connectivity index is 1.93. The maximum absolute atomic E-state index is 12.5. The Morgan fingerprint density at radius 1 is 1.20 bits per heavy atom. The number of ether oxygens (including phenoxy) is 1. The minimum atomic E-state index is -0.618. The van der Waals surface area contributed by atoms with Gasteiger partial charge in [0.15, 0.2) is 0 Å². The quantitative estimate of drug-likeness (QED) is 0.850. The van der Waals surface area contributed by atoms with Gasteiger partial charge in [0.25, 0.3) is 0 Å². The summed E-state index contributed by atoms with van der Waals surface area (Å²) in [5.74, 6) is -0.00625. The van der Waals surface area contributed by atoms with Crippen molar-refractivity contribution in [3.8, 4) is 0 Å². The molecule has 3 rings (SSSR count). The lowest BCUT2D eigenvalue weighted by Gasteiger charge is -2.35. The van der Waals surface area contributed by atoms with Gasteiger partial charge in [-0.2, -0.15) is 0 Å². The number of amides is 1. The van der Waals surface area contributed by atoms with E-state index >= 15 is 0 Å². The van der Waals surface area contributed by atoms with E-state index in [0.29, 0.717) is 0 Å². The zero-order valence-electron chi connectivity index (χ0n) is 11.9. The summed E-state index contributed by atoms with van der Waals surface area (Å²) in [5.41, 5.74) is 7.18. The third-order valence-corrected chi connectivity index (χ3v) is 4.57. The molecule has 1 saturated heterocycles. The van der Waals surface area contributed by atoms with Crippen molar-refractivity contribution in [2.75, 3.05) is 7.05 Å². The molecular formula is C16H22N2O2. The average molecular weight is 274 g/mol. The third-order valence-electron chi connectivity index (χ3n) is 4.57. The standard InChI is InChI=1S/C16H22N2O2/c1-18-12-9-5-6-10-13(12)20-15(14(17)16(18)19)11-7-3-2-4-8-11/h2-4,7-8,12-15H,5-6,9-10,17H2,1H3/t12-,13+,14-,15+/m1/s1. The van der Waals surface area contributed by atoms with Crippen molar-refractivity contribution in [1.82, 2.24) is 4.90 Å². The summed E-state index contributed by atoms with van der Waals surface area (Å²) in [7, 11) is 1.86. The summed E-state index contributed by atoms with van der Waals surface area (Å²) in [5, 5.41) is 0. The molecule has 1 aliphatic heterocycles. The number of rotatable bonds is 1. The largest absolute Gasteiger partial charge is 0.366 e. The van der Waals surface area contributed by atoms with Crippen LogP contribution in [-0.2, 0) is 9.53 Å². The first-order valence-corrected chi connectivity index (χ1v) is 7.41. The molecular weight excluding hydrogens is 252 g/mol. The predicted molar refractivity (Wildman–Crippen MR) is 77.1 cm³/mol. The molecule has 4 nitrogen and oxygen atoms in total. The Morgan fingerprint density at radius 2 is 1.90 bits per heavy atom. The van der Waals surface area contributed by atoms with E-state index in [1.807, 2.05) is 42.3 Å². The fraction of sp³-hybridized carbons (Fsp3) is 0.562. The maximum Gasteiger partial charge on any atom is 0.242 e. The molecule has 1 aromatic rings. The van der Waals surface area contributed by atoms with Crippen LogP contribution in [0.4, 0.5) is 0 Å². The first-order chi connectivity index (χ1) is 9.68. The summed E-state index contributed by atoms with van der Waals surface area (Å²) in [6.45, 7) is 0. The van der Waals surface area contributed by atoms with Crippen LogP contribution in [0.15, 0.2) is 30.3 Å². The molecule has 20 heavy (non-hydrogen) atoms. The normalized spacial score (nSPS) is 34.5. The molecule has 1 amide bonds. The molecule has 1 saturated carbocycles. The van der Waals surface area contributed by atoms with E-state index in [1.165, 1.54) is 6.42 Å². The second-order valence-electron chi connectivity index (χ2n) is 5.83. The summed E-state index contributed by atoms with van der Waals surface area (Å²) in [4.78, 5) is 14.3. The maximum atomic E-state index is 12.5. The number of likely N-dealkylation sites (N-methyl/N-ethyl adjacent to an activating group) is 1. The van der Waals surface area contributed by atoms with E-state index in [-0.39, 0.29) is 24.2 Å². The van der Waals surface area contributed by atoms with Crippen LogP contribution in [-0.4, -0.2) is 36.0 Å². The minimum absolute atomic E-state index is 0.00625. The van der Waals surface area contributed by atoms with Crippen molar-refractivity contribution >= 4 is 5.91 Å². The van der Waals surface area contributed by atoms with E-state index in [2.05, 4.69) is 0 Å². The molecule has 1 aliphatic carbocycles. The van der Waals surface area contributed by atoms with Gasteiger partial charge in [-0.1, -0.05) is 43.2 Å². The van der Waals surface area contributed by atoms with Crippen LogP contribution in [0.3, 0.4) is 0 Å². The second kappa shape index (κ2) is 5.54. The van der Waals surface area contributed by atoms with Gasteiger partial charge in [-0.05, 0) is 18.4 Å². The van der Waals surface area contributed by atoms with E-state index < -0.39 is 6.04 Å². The van der Waals surface area contributed by atoms with E-state index in [9.17, 15) is 4.79 Å². The summed E-state index contributed by atoms with van der Waals surface area (Å²) in [6, 6.07) is 9.42. The summed E-state index contributed by atoms with van der Waals surface area (Å²) in [6.07, 6.45) is 4.13. The Hall–Kier alpha value is -1.39. The third kappa shape index (κ3) is 2.34. The highest BCUT2D eigenvalue weighted by molar-refractivity contribution is 5.83. The number of carbonyl (C=O) groups is 1. The molecule has 2 N–H and O–H groups in total. The molecule has 108 valence electrons. The lowest BCUT2D eigenvalue weighted by molar-refractivity contribution is -0.133. The van der Waals surface area contributed by atoms with Crippen molar-refractivity contribution in [2.24, 2.45) is 5.73 Å². The Bertz CT molecular complexity index is 477. The van der Waals surface area contributed by atoms with Crippen LogP contribution >= 0.6 is 0 Å². The highest BCUT2D eigenvalue weighted by Crippen LogP contribution is 2.34. The monoisotopic (exact) mass is 274 g/mol. The molecule has 2 fully saturated rings. The van der Waals surface area contributed by atoms with Crippen molar-refractivity contribution in [1.29, 1.82) is 0 Å². The summed E-state index contributed by atoms with van der Waals surface area (Å²) >= 11 is 0. The van der Waals surface area contributed by atoms with Gasteiger partial charge >= 0.3 is 0 Å². The number of nitrogens with two attached hydrogens (primary N) is 1. The highest BCUT2D eigenvalue weighted by atomic mass is 16.5. The summed E-state index contributed by atoms with van der Waals surface area (Å²) < 4.78 is 6.27. The van der Waals surface area contributed by atoms with Gasteiger partial charge in [0.05, 0.1) is 12.1 Å². The predicted octanol–water partition coefficient (Wildman–Crippen LogP) is 1.85. The van der Waals surface area contributed by atoms with Crippen LogP contribution in [0.2, 0.25) is 0 Å². The van der Waals surface area contributed by atoms with Crippen LogP contribution in [0.5, 0.6) is 0 Å². The van der Waals surface area contributed by atoms with Crippen LogP contribution in [0.25, 0.3) is 0 Å². The minimum Gasteiger partial charge on any atom is -0.366 e. The molecule has 4 heteroatoms. The lowest BCUT2D eigenvalue weighted by atomic mass is 9.91. The van der Waals surface area contributed by atoms with E-state index in [4.69, 9.17) is 10.5 Å². The van der Waals surface area contributed by atoms with E-state index in [1.54, 1.807) is 0 Å². The molecule has 1 heterocycles. The number of fused-ring (bicyclic) bond motifs is 1. The number of hydrogen-bond donors (Lipinski definition) is 1. The first kappa shape index (κ1) is 13.6. The number of nitrogens with zero attached hydrogens (tertiary/aromatic N) is 1. The number of benzene rings is 1. The number of carbonyl (C=O) groups excluding carboxylic acids is 1. The molecule has 2 aliphatic rings. The highest BCUT2D eigenvalue weighted by Gasteiger charge is 2.42. The molecule has 0 bridgehead atoms. The van der Waals surface area contributed by atoms with Crippen LogP contribution < -0.4 is 5.73 Å². The van der Waals surface area contributed by atoms with Gasteiger partial charge in [0.1, 0.15) is 12.1 Å². The fourth-order valence-electron chi connectivity index (χ4n) is 3.41. The van der Waals surface area contributed by atoms with Crippen molar-refractivity contribution < 1.29 is 9.53 Å². The fourth-order valence-corrected chi connectivity index (χ4v) is 3.41. The molecule has 0 radical (unpaired) electrons. The Labute approximate surface area is 119 Å². The topological polar surface area (TPSA) is 55.6 Å². The number of hydrogen-bond acceptors (Lipinski definition) is 3. The Kier molecular flexibility index (Phi) is 3.76. The first-order valence-electron chi connectivity index (χ1n) is 7.41.